The molecular formula is C15H17F3N4O4. The molecule has 1 aromatic heterocycles. The maximum Gasteiger partial charge on any atom is 0.371 e. The summed E-state index contributed by atoms with van der Waals surface area (Å²) in [4.78, 5) is 37.7. The Kier molecular flexibility index (Phi) is 6.50. The predicted octanol–water partition coefficient (Wildman–Crippen LogP) is 0.433. The molecule has 2 heterocycles. The Hall–Kier alpha value is -2.69. The van der Waals surface area contributed by atoms with Gasteiger partial charge in [-0.05, 0) is 6.07 Å². The van der Waals surface area contributed by atoms with E-state index in [0.29, 0.717) is 0 Å². The lowest BCUT2D eigenvalue weighted by molar-refractivity contribution is -0.148. The fourth-order valence-electron chi connectivity index (χ4n) is 2.28. The lowest BCUT2D eigenvalue weighted by atomic mass is 10.1. The number of hydrazine groups is 1. The molecule has 1 amide bonds. The van der Waals surface area contributed by atoms with E-state index in [1.807, 2.05) is 0 Å². The summed E-state index contributed by atoms with van der Waals surface area (Å²) >= 11 is 0. The van der Waals surface area contributed by atoms with Crippen LogP contribution in [0.1, 0.15) is 23.2 Å². The van der Waals surface area contributed by atoms with E-state index in [1.165, 1.54) is 4.90 Å². The summed E-state index contributed by atoms with van der Waals surface area (Å²) in [5, 5.41) is 0. The number of pyridine rings is 1. The highest BCUT2D eigenvalue weighted by Crippen LogP contribution is 2.30. The molecular weight excluding hydrogens is 357 g/mol. The van der Waals surface area contributed by atoms with Gasteiger partial charge in [0.15, 0.2) is 11.6 Å². The average molecular weight is 374 g/mol. The molecule has 8 nitrogen and oxygen atoms in total. The fraction of sp³-hybridized carbons (Fsp3) is 0.467. The van der Waals surface area contributed by atoms with Crippen molar-refractivity contribution in [3.05, 3.63) is 23.6 Å². The van der Waals surface area contributed by atoms with E-state index in [9.17, 15) is 27.6 Å². The van der Waals surface area contributed by atoms with Crippen LogP contribution in [0.25, 0.3) is 0 Å². The number of hydrogen-bond donors (Lipinski definition) is 2. The number of carbonyl (C=O) groups is 3. The molecule has 26 heavy (non-hydrogen) atoms. The van der Waals surface area contributed by atoms with Gasteiger partial charge in [0.05, 0.1) is 5.56 Å². The molecule has 0 spiro atoms. The number of anilines is 1. The first kappa shape index (κ1) is 19.6. The second kappa shape index (κ2) is 8.61. The highest BCUT2D eigenvalue weighted by Gasteiger charge is 2.35. The summed E-state index contributed by atoms with van der Waals surface area (Å²) < 4.78 is 44.9. The predicted molar refractivity (Wildman–Crippen MR) is 83.1 cm³/mol. The SMILES string of the molecule is O=CC(=O)OCCNNC(=O)c1cnc(N2CCC(F)(F)CC2)c(F)c1. The second-order valence-corrected chi connectivity index (χ2v) is 5.54. The summed E-state index contributed by atoms with van der Waals surface area (Å²) in [6.45, 7) is -0.169. The summed E-state index contributed by atoms with van der Waals surface area (Å²) in [5.74, 6) is -5.34. The topological polar surface area (TPSA) is 101 Å². The minimum Gasteiger partial charge on any atom is -0.459 e. The molecule has 0 bridgehead atoms. The Morgan fingerprint density at radius 2 is 2.04 bits per heavy atom. The number of aromatic nitrogens is 1. The van der Waals surface area contributed by atoms with Gasteiger partial charge in [-0.25, -0.2) is 28.4 Å². The molecule has 2 rings (SSSR count). The number of carbonyl (C=O) groups excluding carboxylic acids is 3. The molecule has 0 aromatic carbocycles. The van der Waals surface area contributed by atoms with Crippen LogP contribution >= 0.6 is 0 Å². The van der Waals surface area contributed by atoms with Gasteiger partial charge in [0.2, 0.25) is 6.29 Å². The second-order valence-electron chi connectivity index (χ2n) is 5.54. The lowest BCUT2D eigenvalue weighted by Crippen LogP contribution is -2.41. The van der Waals surface area contributed by atoms with Gasteiger partial charge in [0, 0.05) is 38.7 Å². The largest absolute Gasteiger partial charge is 0.459 e. The number of rotatable bonds is 7. The summed E-state index contributed by atoms with van der Waals surface area (Å²) in [5.41, 5.74) is 4.59. The van der Waals surface area contributed by atoms with Crippen LogP contribution in [0.15, 0.2) is 12.3 Å². The standard InChI is InChI=1S/C15H17F3N4O4/c16-11-7-10(14(25)21-20-3-6-26-12(24)9-23)8-19-13(11)22-4-1-15(17,18)2-5-22/h7-9,20H,1-6H2,(H,21,25). The number of hydrogen-bond acceptors (Lipinski definition) is 7. The average Bonchev–Trinajstić information content (AvgIpc) is 2.61. The van der Waals surface area contributed by atoms with E-state index in [2.05, 4.69) is 20.6 Å². The van der Waals surface area contributed by atoms with Crippen LogP contribution in [0.4, 0.5) is 19.0 Å². The van der Waals surface area contributed by atoms with Crippen LogP contribution in [0.3, 0.4) is 0 Å². The van der Waals surface area contributed by atoms with E-state index in [-0.39, 0.29) is 56.8 Å². The van der Waals surface area contributed by atoms with Crippen molar-refractivity contribution in [2.45, 2.75) is 18.8 Å². The quantitative estimate of drug-likeness (QED) is 0.235. The van der Waals surface area contributed by atoms with Gasteiger partial charge in [-0.2, -0.15) is 0 Å². The van der Waals surface area contributed by atoms with Gasteiger partial charge in [-0.3, -0.25) is 15.0 Å². The van der Waals surface area contributed by atoms with Gasteiger partial charge in [0.25, 0.3) is 11.8 Å². The van der Waals surface area contributed by atoms with Gasteiger partial charge < -0.3 is 9.64 Å². The number of aldehydes is 1. The first-order valence-corrected chi connectivity index (χ1v) is 7.76. The Morgan fingerprint density at radius 1 is 1.35 bits per heavy atom. The molecule has 0 radical (unpaired) electrons. The van der Waals surface area contributed by atoms with Crippen molar-refractivity contribution in [2.75, 3.05) is 31.1 Å². The third-order valence-corrected chi connectivity index (χ3v) is 3.65. The normalized spacial score (nSPS) is 16.0. The van der Waals surface area contributed by atoms with E-state index in [4.69, 9.17) is 0 Å². The Bertz CT molecular complexity index is 677. The maximum absolute atomic E-state index is 14.2. The molecule has 1 aromatic rings. The number of nitrogens with one attached hydrogen (secondary N) is 2. The lowest BCUT2D eigenvalue weighted by Gasteiger charge is -2.32. The fourth-order valence-corrected chi connectivity index (χ4v) is 2.28. The van der Waals surface area contributed by atoms with Crippen molar-refractivity contribution in [1.29, 1.82) is 0 Å². The smallest absolute Gasteiger partial charge is 0.371 e. The van der Waals surface area contributed by atoms with Crippen LogP contribution in [0, 0.1) is 5.82 Å². The zero-order valence-corrected chi connectivity index (χ0v) is 13.6. The molecule has 1 aliphatic heterocycles. The number of piperidine rings is 1. The summed E-state index contributed by atoms with van der Waals surface area (Å²) in [7, 11) is 0. The molecule has 1 saturated heterocycles. The molecule has 1 aliphatic rings. The minimum atomic E-state index is -2.75. The highest BCUT2D eigenvalue weighted by molar-refractivity contribution is 6.20. The number of alkyl halides is 2. The molecule has 11 heteroatoms. The first-order chi connectivity index (χ1) is 12.3. The molecule has 2 N–H and O–H groups in total. The Balaban J connectivity index is 1.85. The van der Waals surface area contributed by atoms with Crippen LogP contribution in [0.5, 0.6) is 0 Å². The van der Waals surface area contributed by atoms with E-state index in [1.54, 1.807) is 0 Å². The van der Waals surface area contributed by atoms with Crippen LogP contribution in [-0.4, -0.2) is 55.3 Å². The van der Waals surface area contributed by atoms with E-state index in [0.717, 1.165) is 12.3 Å². The summed E-state index contributed by atoms with van der Waals surface area (Å²) in [6.07, 6.45) is 0.385. The zero-order valence-electron chi connectivity index (χ0n) is 13.6. The first-order valence-electron chi connectivity index (χ1n) is 7.76. The zero-order chi connectivity index (χ0) is 19.2. The van der Waals surface area contributed by atoms with Crippen molar-refractivity contribution in [3.63, 3.8) is 0 Å². The highest BCUT2D eigenvalue weighted by atomic mass is 19.3. The third-order valence-electron chi connectivity index (χ3n) is 3.65. The Morgan fingerprint density at radius 3 is 2.65 bits per heavy atom. The minimum absolute atomic E-state index is 0.0120. The van der Waals surface area contributed by atoms with Crippen molar-refractivity contribution >= 4 is 24.0 Å². The molecule has 0 atom stereocenters. The number of halogens is 3. The number of ether oxygens (including phenoxy) is 1. The van der Waals surface area contributed by atoms with Crippen molar-refractivity contribution in [2.24, 2.45) is 0 Å². The monoisotopic (exact) mass is 374 g/mol. The van der Waals surface area contributed by atoms with Crippen molar-refractivity contribution in [1.82, 2.24) is 15.8 Å². The van der Waals surface area contributed by atoms with Crippen LogP contribution in [0.2, 0.25) is 0 Å². The molecule has 0 saturated carbocycles. The van der Waals surface area contributed by atoms with Gasteiger partial charge in [-0.1, -0.05) is 0 Å². The molecule has 1 fully saturated rings. The van der Waals surface area contributed by atoms with Crippen molar-refractivity contribution in [3.8, 4) is 0 Å². The summed E-state index contributed by atoms with van der Waals surface area (Å²) in [6, 6.07) is 0.957. The third kappa shape index (κ3) is 5.41. The molecule has 142 valence electrons. The number of nitrogens with zero attached hydrogens (tertiary/aromatic N) is 2. The van der Waals surface area contributed by atoms with Crippen LogP contribution in [-0.2, 0) is 14.3 Å². The Labute approximate surface area is 146 Å². The van der Waals surface area contributed by atoms with Gasteiger partial charge in [0.1, 0.15) is 6.61 Å². The van der Waals surface area contributed by atoms with Gasteiger partial charge in [-0.15, -0.1) is 0 Å². The van der Waals surface area contributed by atoms with E-state index >= 15 is 0 Å². The van der Waals surface area contributed by atoms with Crippen LogP contribution < -0.4 is 15.8 Å². The van der Waals surface area contributed by atoms with E-state index < -0.39 is 23.6 Å². The number of esters is 1. The number of amides is 1. The molecule has 0 aliphatic carbocycles. The van der Waals surface area contributed by atoms with Gasteiger partial charge >= 0.3 is 5.97 Å². The maximum atomic E-state index is 14.2. The molecule has 0 unspecified atom stereocenters. The van der Waals surface area contributed by atoms with Crippen molar-refractivity contribution < 1.29 is 32.3 Å².